The molecule has 1 aromatic heterocycles. The summed E-state index contributed by atoms with van der Waals surface area (Å²) in [6.07, 6.45) is 8.37. The fourth-order valence-electron chi connectivity index (χ4n) is 2.68. The first-order valence-corrected chi connectivity index (χ1v) is 7.97. The molecule has 0 atom stereocenters. The number of rotatable bonds is 4. The smallest absolute Gasteiger partial charge is 0.191 e. The van der Waals surface area contributed by atoms with Crippen molar-refractivity contribution in [3.63, 3.8) is 0 Å². The lowest BCUT2D eigenvalue weighted by molar-refractivity contribution is 0.633. The van der Waals surface area contributed by atoms with Gasteiger partial charge in [-0.05, 0) is 36.6 Å². The van der Waals surface area contributed by atoms with Gasteiger partial charge in [-0.2, -0.15) is 0 Å². The van der Waals surface area contributed by atoms with Crippen molar-refractivity contribution in [2.24, 2.45) is 4.99 Å². The maximum Gasteiger partial charge on any atom is 0.191 e. The Hall–Kier alpha value is -2.62. The summed E-state index contributed by atoms with van der Waals surface area (Å²) < 4.78 is 0. The van der Waals surface area contributed by atoms with Crippen molar-refractivity contribution in [3.8, 4) is 11.3 Å². The molecule has 0 radical (unpaired) electrons. The molecule has 2 aromatic rings. The topological polar surface area (TPSA) is 49.3 Å². The first-order chi connectivity index (χ1) is 11.3. The summed E-state index contributed by atoms with van der Waals surface area (Å²) in [6.45, 7) is 0.737. The third-order valence-electron chi connectivity index (χ3n) is 3.92. The van der Waals surface area contributed by atoms with E-state index >= 15 is 0 Å². The number of aromatic nitrogens is 1. The first-order valence-electron chi connectivity index (χ1n) is 7.97. The van der Waals surface area contributed by atoms with Crippen LogP contribution in [0.25, 0.3) is 11.3 Å². The van der Waals surface area contributed by atoms with Crippen LogP contribution in [-0.4, -0.2) is 24.0 Å². The highest BCUT2D eigenvalue weighted by Gasteiger charge is 2.11. The fraction of sp³-hybridized carbons (Fsp3) is 0.263. The summed E-state index contributed by atoms with van der Waals surface area (Å²) >= 11 is 0. The van der Waals surface area contributed by atoms with Gasteiger partial charge in [0.25, 0.3) is 0 Å². The molecule has 3 rings (SSSR count). The molecule has 4 nitrogen and oxygen atoms in total. The molecule has 2 N–H and O–H groups in total. The Morgan fingerprint density at radius 2 is 2.04 bits per heavy atom. The second kappa shape index (κ2) is 7.58. The molecule has 0 fully saturated rings. The number of nitrogens with zero attached hydrogens (tertiary/aromatic N) is 2. The number of benzene rings is 1. The van der Waals surface area contributed by atoms with E-state index in [1.165, 1.54) is 5.56 Å². The van der Waals surface area contributed by atoms with E-state index < -0.39 is 0 Å². The van der Waals surface area contributed by atoms with Gasteiger partial charge in [0.05, 0.1) is 5.69 Å². The average Bonchev–Trinajstić information content (AvgIpc) is 3.13. The largest absolute Gasteiger partial charge is 0.353 e. The summed E-state index contributed by atoms with van der Waals surface area (Å²) in [5, 5.41) is 6.83. The highest BCUT2D eigenvalue weighted by Crippen LogP contribution is 2.17. The van der Waals surface area contributed by atoms with Crippen LogP contribution in [0.1, 0.15) is 18.4 Å². The minimum atomic E-state index is 0.459. The van der Waals surface area contributed by atoms with Crippen LogP contribution in [0.15, 0.2) is 65.8 Å². The van der Waals surface area contributed by atoms with E-state index in [0.717, 1.165) is 36.6 Å². The number of aliphatic imine (C=N–C) groups is 1. The Kier molecular flexibility index (Phi) is 5.04. The summed E-state index contributed by atoms with van der Waals surface area (Å²) in [7, 11) is 1.81. The molecule has 0 unspecified atom stereocenters. The summed E-state index contributed by atoms with van der Waals surface area (Å²) in [5.41, 5.74) is 3.34. The zero-order valence-electron chi connectivity index (χ0n) is 13.4. The zero-order valence-corrected chi connectivity index (χ0v) is 13.4. The Morgan fingerprint density at radius 3 is 2.78 bits per heavy atom. The molecule has 0 spiro atoms. The third kappa shape index (κ3) is 4.19. The van der Waals surface area contributed by atoms with Crippen molar-refractivity contribution in [3.05, 3.63) is 66.4 Å². The van der Waals surface area contributed by atoms with Crippen molar-refractivity contribution in [1.29, 1.82) is 0 Å². The Labute approximate surface area is 137 Å². The quantitative estimate of drug-likeness (QED) is 0.518. The van der Waals surface area contributed by atoms with Gasteiger partial charge in [-0.3, -0.25) is 9.98 Å². The van der Waals surface area contributed by atoms with E-state index in [0.29, 0.717) is 6.04 Å². The van der Waals surface area contributed by atoms with E-state index in [1.807, 2.05) is 31.4 Å². The molecule has 1 aliphatic carbocycles. The molecular formula is C19H22N4. The Morgan fingerprint density at radius 1 is 1.17 bits per heavy atom. The van der Waals surface area contributed by atoms with Gasteiger partial charge >= 0.3 is 0 Å². The minimum absolute atomic E-state index is 0.459. The van der Waals surface area contributed by atoms with E-state index in [-0.39, 0.29) is 0 Å². The second-order valence-corrected chi connectivity index (χ2v) is 5.63. The van der Waals surface area contributed by atoms with Gasteiger partial charge in [0, 0.05) is 31.4 Å². The van der Waals surface area contributed by atoms with Crippen LogP contribution in [0.3, 0.4) is 0 Å². The highest BCUT2D eigenvalue weighted by atomic mass is 15.2. The van der Waals surface area contributed by atoms with Gasteiger partial charge in [0.2, 0.25) is 0 Å². The van der Waals surface area contributed by atoms with Crippen LogP contribution in [0.2, 0.25) is 0 Å². The summed E-state index contributed by atoms with van der Waals surface area (Å²) in [6, 6.07) is 14.9. The van der Waals surface area contributed by atoms with Crippen LogP contribution in [0.5, 0.6) is 0 Å². The molecule has 23 heavy (non-hydrogen) atoms. The van der Waals surface area contributed by atoms with Crippen molar-refractivity contribution in [2.45, 2.75) is 25.4 Å². The molecule has 0 saturated heterocycles. The monoisotopic (exact) mass is 306 g/mol. The lowest BCUT2D eigenvalue weighted by atomic mass is 10.1. The molecule has 1 heterocycles. The van der Waals surface area contributed by atoms with Crippen molar-refractivity contribution in [1.82, 2.24) is 15.6 Å². The van der Waals surface area contributed by atoms with E-state index in [9.17, 15) is 0 Å². The lowest BCUT2D eigenvalue weighted by Gasteiger charge is -2.17. The van der Waals surface area contributed by atoms with Gasteiger partial charge in [-0.25, -0.2) is 0 Å². The predicted molar refractivity (Wildman–Crippen MR) is 95.2 cm³/mol. The highest BCUT2D eigenvalue weighted by molar-refractivity contribution is 5.80. The second-order valence-electron chi connectivity index (χ2n) is 5.63. The molecule has 1 aliphatic rings. The van der Waals surface area contributed by atoms with Gasteiger partial charge in [-0.15, -0.1) is 0 Å². The number of hydrogen-bond donors (Lipinski definition) is 2. The standard InChI is InChI=1S/C19H22N4/c1-20-19(23-17-9-2-3-10-17)22-14-15-7-6-8-16(13-15)18-11-4-5-12-21-18/h2-8,11-13,17H,9-10,14H2,1H3,(H2,20,22,23). The number of nitrogens with one attached hydrogen (secondary N) is 2. The lowest BCUT2D eigenvalue weighted by Crippen LogP contribution is -2.42. The summed E-state index contributed by atoms with van der Waals surface area (Å²) in [5.74, 6) is 0.849. The third-order valence-corrected chi connectivity index (χ3v) is 3.92. The van der Waals surface area contributed by atoms with Gasteiger partial charge in [0.1, 0.15) is 0 Å². The van der Waals surface area contributed by atoms with Crippen LogP contribution < -0.4 is 10.6 Å². The van der Waals surface area contributed by atoms with Crippen LogP contribution in [0.4, 0.5) is 0 Å². The predicted octanol–water partition coefficient (Wildman–Crippen LogP) is 3.13. The van der Waals surface area contributed by atoms with E-state index in [4.69, 9.17) is 0 Å². The molecule has 118 valence electrons. The first kappa shape index (κ1) is 15.3. The minimum Gasteiger partial charge on any atom is -0.353 e. The Bertz CT molecular complexity index is 684. The fourth-order valence-corrected chi connectivity index (χ4v) is 2.68. The van der Waals surface area contributed by atoms with Crippen LogP contribution in [0, 0.1) is 0 Å². The molecule has 0 saturated carbocycles. The van der Waals surface area contributed by atoms with Crippen LogP contribution >= 0.6 is 0 Å². The van der Waals surface area contributed by atoms with Crippen molar-refractivity contribution >= 4 is 5.96 Å². The van der Waals surface area contributed by atoms with E-state index in [2.05, 4.69) is 57.0 Å². The normalized spacial score (nSPS) is 14.9. The van der Waals surface area contributed by atoms with Gasteiger partial charge < -0.3 is 10.6 Å². The maximum atomic E-state index is 4.41. The molecular weight excluding hydrogens is 284 g/mol. The molecule has 4 heteroatoms. The maximum absolute atomic E-state index is 4.41. The Balaban J connectivity index is 1.61. The van der Waals surface area contributed by atoms with Gasteiger partial charge in [-0.1, -0.05) is 36.4 Å². The zero-order chi connectivity index (χ0) is 15.9. The van der Waals surface area contributed by atoms with Crippen molar-refractivity contribution < 1.29 is 0 Å². The van der Waals surface area contributed by atoms with Crippen LogP contribution in [-0.2, 0) is 6.54 Å². The SMILES string of the molecule is CN=C(NCc1cccc(-c2ccccn2)c1)NC1CC=CC1. The average molecular weight is 306 g/mol. The molecule has 1 aromatic carbocycles. The number of guanidine groups is 1. The number of hydrogen-bond acceptors (Lipinski definition) is 2. The molecule has 0 amide bonds. The summed E-state index contributed by atoms with van der Waals surface area (Å²) in [4.78, 5) is 8.71. The van der Waals surface area contributed by atoms with Gasteiger partial charge in [0.15, 0.2) is 5.96 Å². The van der Waals surface area contributed by atoms with E-state index in [1.54, 1.807) is 0 Å². The molecule has 0 bridgehead atoms. The van der Waals surface area contributed by atoms with Crippen molar-refractivity contribution in [2.75, 3.05) is 7.05 Å². The number of pyridine rings is 1. The molecule has 0 aliphatic heterocycles.